The minimum Gasteiger partial charge on any atom is -0.375 e. The van der Waals surface area contributed by atoms with Crippen LogP contribution < -0.4 is 5.32 Å². The van der Waals surface area contributed by atoms with E-state index in [0.717, 1.165) is 45.4 Å². The fraction of sp³-hybridized carbons (Fsp3) is 0.917. The van der Waals surface area contributed by atoms with Gasteiger partial charge < -0.3 is 15.0 Å². The first-order chi connectivity index (χ1) is 7.81. The van der Waals surface area contributed by atoms with Gasteiger partial charge in [0.15, 0.2) is 0 Å². The highest BCUT2D eigenvalue weighted by Gasteiger charge is 2.29. The van der Waals surface area contributed by atoms with E-state index in [1.54, 1.807) is 0 Å². The largest absolute Gasteiger partial charge is 0.375 e. The van der Waals surface area contributed by atoms with Gasteiger partial charge in [0.2, 0.25) is 5.91 Å². The van der Waals surface area contributed by atoms with Crippen molar-refractivity contribution in [1.29, 1.82) is 0 Å². The van der Waals surface area contributed by atoms with Crippen molar-refractivity contribution in [1.82, 2.24) is 10.2 Å². The predicted molar refractivity (Wildman–Crippen MR) is 69.5 cm³/mol. The molecule has 2 fully saturated rings. The zero-order valence-corrected chi connectivity index (χ0v) is 11.3. The van der Waals surface area contributed by atoms with E-state index in [1.807, 2.05) is 4.90 Å². The van der Waals surface area contributed by atoms with Crippen LogP contribution in [0.15, 0.2) is 0 Å². The monoisotopic (exact) mass is 262 g/mol. The molecular weight excluding hydrogens is 240 g/mol. The van der Waals surface area contributed by atoms with E-state index in [4.69, 9.17) is 4.74 Å². The lowest BCUT2D eigenvalue weighted by Gasteiger charge is -2.35. The molecule has 1 amide bonds. The molecule has 100 valence electrons. The van der Waals surface area contributed by atoms with E-state index in [9.17, 15) is 4.79 Å². The maximum absolute atomic E-state index is 12.2. The highest BCUT2D eigenvalue weighted by Crippen LogP contribution is 2.16. The Morgan fingerprint density at radius 1 is 1.53 bits per heavy atom. The molecule has 0 radical (unpaired) electrons. The van der Waals surface area contributed by atoms with Crippen molar-refractivity contribution < 1.29 is 9.53 Å². The fourth-order valence-electron chi connectivity index (χ4n) is 2.49. The Hall–Kier alpha value is -0.320. The van der Waals surface area contributed by atoms with Crippen LogP contribution in [0.5, 0.6) is 0 Å². The summed E-state index contributed by atoms with van der Waals surface area (Å²) in [7, 11) is 0. The van der Waals surface area contributed by atoms with Gasteiger partial charge in [-0.25, -0.2) is 0 Å². The molecule has 5 heteroatoms. The molecule has 2 aliphatic rings. The highest BCUT2D eigenvalue weighted by molar-refractivity contribution is 5.85. The number of ether oxygens (including phenoxy) is 1. The van der Waals surface area contributed by atoms with E-state index in [1.165, 1.54) is 0 Å². The number of carbonyl (C=O) groups excluding carboxylic acids is 1. The molecule has 2 rings (SSSR count). The summed E-state index contributed by atoms with van der Waals surface area (Å²) in [6, 6.07) is 0. The number of hydrogen-bond acceptors (Lipinski definition) is 3. The van der Waals surface area contributed by atoms with Crippen molar-refractivity contribution in [3.05, 3.63) is 0 Å². The molecule has 2 saturated heterocycles. The second kappa shape index (κ2) is 7.19. The third-order valence-electron chi connectivity index (χ3n) is 3.55. The van der Waals surface area contributed by atoms with Gasteiger partial charge in [0.1, 0.15) is 0 Å². The fourth-order valence-corrected chi connectivity index (χ4v) is 2.49. The van der Waals surface area contributed by atoms with E-state index >= 15 is 0 Å². The van der Waals surface area contributed by atoms with E-state index < -0.39 is 0 Å². The molecular formula is C12H23ClN2O2. The first-order valence-corrected chi connectivity index (χ1v) is 6.42. The predicted octanol–water partition coefficient (Wildman–Crippen LogP) is 1.05. The summed E-state index contributed by atoms with van der Waals surface area (Å²) in [5.74, 6) is 0.526. The zero-order chi connectivity index (χ0) is 11.4. The number of morpholine rings is 1. The number of carbonyl (C=O) groups is 1. The number of amides is 1. The van der Waals surface area contributed by atoms with Gasteiger partial charge in [-0.1, -0.05) is 6.92 Å². The van der Waals surface area contributed by atoms with Crippen LogP contribution in [0, 0.1) is 5.92 Å². The molecule has 17 heavy (non-hydrogen) atoms. The minimum absolute atomic E-state index is 0. The highest BCUT2D eigenvalue weighted by atomic mass is 35.5. The molecule has 0 aromatic heterocycles. The molecule has 0 bridgehead atoms. The average Bonchev–Trinajstić information content (AvgIpc) is 2.39. The van der Waals surface area contributed by atoms with Crippen LogP contribution in [0.2, 0.25) is 0 Å². The Labute approximate surface area is 109 Å². The van der Waals surface area contributed by atoms with E-state index in [2.05, 4.69) is 12.2 Å². The summed E-state index contributed by atoms with van der Waals surface area (Å²) >= 11 is 0. The summed E-state index contributed by atoms with van der Waals surface area (Å²) in [6.45, 7) is 6.28. The van der Waals surface area contributed by atoms with Gasteiger partial charge in [0, 0.05) is 19.6 Å². The van der Waals surface area contributed by atoms with Crippen LogP contribution in [0.1, 0.15) is 26.2 Å². The maximum Gasteiger partial charge on any atom is 0.227 e. The Morgan fingerprint density at radius 3 is 3.00 bits per heavy atom. The Morgan fingerprint density at radius 2 is 2.35 bits per heavy atom. The van der Waals surface area contributed by atoms with Gasteiger partial charge in [0.05, 0.1) is 18.6 Å². The van der Waals surface area contributed by atoms with Crippen LogP contribution in [0.25, 0.3) is 0 Å². The molecule has 0 aromatic rings. The van der Waals surface area contributed by atoms with Crippen LogP contribution in [-0.2, 0) is 9.53 Å². The van der Waals surface area contributed by atoms with Gasteiger partial charge in [-0.15, -0.1) is 12.4 Å². The molecule has 4 nitrogen and oxygen atoms in total. The molecule has 1 unspecified atom stereocenters. The van der Waals surface area contributed by atoms with E-state index in [0.29, 0.717) is 12.5 Å². The second-order valence-electron chi connectivity index (χ2n) is 4.73. The number of piperidine rings is 1. The molecule has 2 heterocycles. The number of rotatable bonds is 2. The summed E-state index contributed by atoms with van der Waals surface area (Å²) in [6.07, 6.45) is 3.40. The topological polar surface area (TPSA) is 41.6 Å². The normalized spacial score (nSPS) is 29.6. The first kappa shape index (κ1) is 14.7. The molecule has 2 atom stereocenters. The van der Waals surface area contributed by atoms with Crippen LogP contribution >= 0.6 is 12.4 Å². The number of nitrogens with one attached hydrogen (secondary N) is 1. The summed E-state index contributed by atoms with van der Waals surface area (Å²) < 4.78 is 5.59. The lowest BCUT2D eigenvalue weighted by atomic mass is 9.97. The standard InChI is InChI=1S/C12H22N2O2.ClH/c1-2-11-9-14(6-7-16-11)12(15)10-4-3-5-13-8-10;/h10-11,13H,2-9H2,1H3;1H/t10-,11?;/m1./s1. The van der Waals surface area contributed by atoms with Gasteiger partial charge in [0.25, 0.3) is 0 Å². The van der Waals surface area contributed by atoms with Crippen molar-refractivity contribution in [2.45, 2.75) is 32.3 Å². The van der Waals surface area contributed by atoms with Gasteiger partial charge in [-0.3, -0.25) is 4.79 Å². The van der Waals surface area contributed by atoms with Crippen LogP contribution in [-0.4, -0.2) is 49.7 Å². The van der Waals surface area contributed by atoms with Crippen molar-refractivity contribution >= 4 is 18.3 Å². The van der Waals surface area contributed by atoms with Gasteiger partial charge >= 0.3 is 0 Å². The smallest absolute Gasteiger partial charge is 0.227 e. The molecule has 1 N–H and O–H groups in total. The lowest BCUT2D eigenvalue weighted by molar-refractivity contribution is -0.143. The summed E-state index contributed by atoms with van der Waals surface area (Å²) in [5.41, 5.74) is 0. The van der Waals surface area contributed by atoms with Crippen molar-refractivity contribution in [3.63, 3.8) is 0 Å². The molecule has 0 aromatic carbocycles. The van der Waals surface area contributed by atoms with Crippen LogP contribution in [0.4, 0.5) is 0 Å². The van der Waals surface area contributed by atoms with Crippen molar-refractivity contribution in [2.24, 2.45) is 5.92 Å². The zero-order valence-electron chi connectivity index (χ0n) is 10.5. The Kier molecular flexibility index (Phi) is 6.23. The summed E-state index contributed by atoms with van der Waals surface area (Å²) in [4.78, 5) is 14.2. The van der Waals surface area contributed by atoms with Gasteiger partial charge in [-0.05, 0) is 25.8 Å². The SMILES string of the molecule is CCC1CN(C(=O)[C@@H]2CCCNC2)CCO1.Cl. The lowest BCUT2D eigenvalue weighted by Crippen LogP contribution is -2.50. The van der Waals surface area contributed by atoms with E-state index in [-0.39, 0.29) is 24.4 Å². The average molecular weight is 263 g/mol. The third kappa shape index (κ3) is 3.83. The molecule has 0 saturated carbocycles. The van der Waals surface area contributed by atoms with Gasteiger partial charge in [-0.2, -0.15) is 0 Å². The van der Waals surface area contributed by atoms with Crippen molar-refractivity contribution in [2.75, 3.05) is 32.8 Å². The third-order valence-corrected chi connectivity index (χ3v) is 3.55. The summed E-state index contributed by atoms with van der Waals surface area (Å²) in [5, 5.41) is 3.30. The number of halogens is 1. The Balaban J connectivity index is 0.00000144. The maximum atomic E-state index is 12.2. The van der Waals surface area contributed by atoms with Crippen LogP contribution in [0.3, 0.4) is 0 Å². The molecule has 0 aliphatic carbocycles. The molecule has 2 aliphatic heterocycles. The number of nitrogens with zero attached hydrogens (tertiary/aromatic N) is 1. The number of hydrogen-bond donors (Lipinski definition) is 1. The Bertz CT molecular complexity index is 245. The first-order valence-electron chi connectivity index (χ1n) is 6.42. The second-order valence-corrected chi connectivity index (χ2v) is 4.73. The minimum atomic E-state index is 0. The molecule has 0 spiro atoms. The van der Waals surface area contributed by atoms with Crippen molar-refractivity contribution in [3.8, 4) is 0 Å². The quantitative estimate of drug-likeness (QED) is 0.809.